The van der Waals surface area contributed by atoms with Gasteiger partial charge in [-0.2, -0.15) is 0 Å². The number of carbonyl (C=O) groups excluding carboxylic acids is 4. The number of nitrogens with zero attached hydrogens (tertiary/aromatic N) is 10. The fourth-order valence-corrected chi connectivity index (χ4v) is 6.50. The van der Waals surface area contributed by atoms with Crippen molar-refractivity contribution in [3.8, 4) is 23.0 Å². The molecule has 8 rings (SSSR count). The Hall–Kier alpha value is -7.66. The number of aliphatic imine (C=N–C) groups is 2. The SMILES string of the molecule is COc1ccc(Cc2cn(Cc3ccc(OC)cc3)c([N-]C3=NC(=O)N(C)C3=O)n2)cc1.COc1ccc(Cc2cn(Cc3ccc(OC)cc3)c([N-]C3=NC(=O)N(C)C3=O)n2)cc1.[Zn+2]. The first-order valence-corrected chi connectivity index (χ1v) is 19.8. The average molecular weight is 930 g/mol. The molecule has 65 heavy (non-hydrogen) atoms. The van der Waals surface area contributed by atoms with Crippen molar-refractivity contribution in [3.63, 3.8) is 0 Å². The van der Waals surface area contributed by atoms with Crippen molar-refractivity contribution in [1.82, 2.24) is 28.9 Å². The minimum absolute atomic E-state index is 0. The standard InChI is InChI=1S/2C23H23N5O4.Zn/c2*1-27-21(29)20(26-23(27)30)25-22-24-17(12-15-4-8-18(31-2)9-5-15)14-28(22)13-16-6-10-19(32-3)11-7-16;/h2*4-11,14H,12-13H2,1-3H3,(H,24,25,26,30);/q;;+2/p-2. The Morgan fingerprint density at radius 2 is 0.754 bits per heavy atom. The smallest absolute Gasteiger partial charge is 0.497 e. The number of rotatable bonds is 14. The van der Waals surface area contributed by atoms with Gasteiger partial charge in [0.15, 0.2) is 0 Å². The first-order chi connectivity index (χ1) is 30.9. The molecule has 6 amide bonds. The number of likely N-dealkylation sites (N-methyl/N-ethyl adjacent to an activating group) is 2. The first kappa shape index (κ1) is 46.8. The van der Waals surface area contributed by atoms with Crippen molar-refractivity contribution in [2.45, 2.75) is 25.9 Å². The Bertz CT molecular complexity index is 2530. The van der Waals surface area contributed by atoms with Crippen LogP contribution >= 0.6 is 0 Å². The molecule has 4 aromatic carbocycles. The normalized spacial score (nSPS) is 13.1. The quantitative estimate of drug-likeness (QED) is 0.102. The molecular weight excluding hydrogens is 886 g/mol. The molecule has 0 saturated carbocycles. The van der Waals surface area contributed by atoms with Crippen LogP contribution in [0.25, 0.3) is 10.6 Å². The Morgan fingerprint density at radius 3 is 1.02 bits per heavy atom. The molecule has 0 fully saturated rings. The number of amides is 6. The van der Waals surface area contributed by atoms with Gasteiger partial charge in [0.05, 0.1) is 40.3 Å². The third-order valence-electron chi connectivity index (χ3n) is 10.1. The van der Waals surface area contributed by atoms with Gasteiger partial charge in [-0.25, -0.2) is 0 Å². The van der Waals surface area contributed by atoms with Crippen LogP contribution < -0.4 is 18.9 Å². The number of imidazole rings is 2. The molecule has 2 aliphatic rings. The number of imide groups is 2. The summed E-state index contributed by atoms with van der Waals surface area (Å²) < 4.78 is 24.5. The zero-order chi connectivity index (χ0) is 45.3. The van der Waals surface area contributed by atoms with E-state index >= 15 is 0 Å². The van der Waals surface area contributed by atoms with Gasteiger partial charge in [0.25, 0.3) is 23.9 Å². The molecule has 0 bridgehead atoms. The summed E-state index contributed by atoms with van der Waals surface area (Å²) in [4.78, 5) is 66.5. The molecule has 6 aromatic rings. The molecule has 0 saturated heterocycles. The Morgan fingerprint density at radius 1 is 0.462 bits per heavy atom. The van der Waals surface area contributed by atoms with Crippen LogP contribution in [0.4, 0.5) is 21.5 Å². The number of amidine groups is 2. The summed E-state index contributed by atoms with van der Waals surface area (Å²) in [6.45, 7) is 0.952. The van der Waals surface area contributed by atoms with Crippen LogP contribution in [0.3, 0.4) is 0 Å². The monoisotopic (exact) mass is 928 g/mol. The van der Waals surface area contributed by atoms with Gasteiger partial charge in [0.2, 0.25) is 0 Å². The molecular formula is C46H44N10O8Zn. The van der Waals surface area contributed by atoms with E-state index in [1.807, 2.05) is 119 Å². The van der Waals surface area contributed by atoms with Crippen molar-refractivity contribution in [2.24, 2.45) is 9.98 Å². The van der Waals surface area contributed by atoms with Gasteiger partial charge < -0.3 is 48.7 Å². The second kappa shape index (κ2) is 21.1. The van der Waals surface area contributed by atoms with Crippen molar-refractivity contribution in [2.75, 3.05) is 42.5 Å². The van der Waals surface area contributed by atoms with Gasteiger partial charge in [-0.05, 0) is 94.6 Å². The van der Waals surface area contributed by atoms with Crippen LogP contribution in [0.5, 0.6) is 23.0 Å². The third kappa shape index (κ3) is 11.5. The Labute approximate surface area is 387 Å². The second-order valence-electron chi connectivity index (χ2n) is 14.5. The Kier molecular flexibility index (Phi) is 15.2. The number of carbonyl (C=O) groups is 4. The number of methoxy groups -OCH3 is 4. The van der Waals surface area contributed by atoms with Crippen LogP contribution in [-0.2, 0) is 55.0 Å². The molecule has 2 aromatic heterocycles. The number of hydrogen-bond donors (Lipinski definition) is 0. The molecule has 4 heterocycles. The maximum atomic E-state index is 12.2. The van der Waals surface area contributed by atoms with E-state index in [2.05, 4.69) is 30.6 Å². The van der Waals surface area contributed by atoms with E-state index in [9.17, 15) is 19.2 Å². The number of benzene rings is 4. The summed E-state index contributed by atoms with van der Waals surface area (Å²) in [7, 11) is 9.22. The average Bonchev–Trinajstić information content (AvgIpc) is 4.01. The maximum absolute atomic E-state index is 12.2. The molecule has 0 atom stereocenters. The molecule has 19 heteroatoms. The fourth-order valence-electron chi connectivity index (χ4n) is 6.50. The first-order valence-electron chi connectivity index (χ1n) is 19.8. The summed E-state index contributed by atoms with van der Waals surface area (Å²) in [6, 6.07) is 29.4. The van der Waals surface area contributed by atoms with Crippen LogP contribution in [-0.4, -0.2) is 107 Å². The van der Waals surface area contributed by atoms with Crippen molar-refractivity contribution < 1.29 is 57.6 Å². The topological polar surface area (TPSA) is 200 Å². The van der Waals surface area contributed by atoms with Gasteiger partial charge in [-0.15, -0.1) is 0 Å². The van der Waals surface area contributed by atoms with Crippen LogP contribution in [0.1, 0.15) is 33.6 Å². The van der Waals surface area contributed by atoms with E-state index in [1.54, 1.807) is 28.4 Å². The Balaban J connectivity index is 0.000000212. The summed E-state index contributed by atoms with van der Waals surface area (Å²) in [5.74, 6) is 2.25. The summed E-state index contributed by atoms with van der Waals surface area (Å²) in [5.41, 5.74) is 5.65. The summed E-state index contributed by atoms with van der Waals surface area (Å²) >= 11 is 0. The maximum Gasteiger partial charge on any atom is 2.00 e. The molecule has 0 aliphatic carbocycles. The van der Waals surface area contributed by atoms with E-state index in [4.69, 9.17) is 18.9 Å². The van der Waals surface area contributed by atoms with Crippen molar-refractivity contribution >= 4 is 47.4 Å². The number of ether oxygens (including phenoxy) is 4. The van der Waals surface area contributed by atoms with Gasteiger partial charge in [-0.3, -0.25) is 39.0 Å². The van der Waals surface area contributed by atoms with Crippen molar-refractivity contribution in [1.29, 1.82) is 0 Å². The van der Waals surface area contributed by atoms with Gasteiger partial charge in [0, 0.05) is 40.0 Å². The molecule has 0 N–H and O–H groups in total. The van der Waals surface area contributed by atoms with Gasteiger partial charge >= 0.3 is 19.5 Å². The largest absolute Gasteiger partial charge is 2.00 e. The summed E-state index contributed by atoms with van der Waals surface area (Å²) in [5, 5.41) is 8.61. The minimum atomic E-state index is -0.638. The zero-order valence-corrected chi connectivity index (χ0v) is 39.6. The molecule has 0 radical (unpaired) electrons. The second-order valence-corrected chi connectivity index (χ2v) is 14.5. The van der Waals surface area contributed by atoms with Crippen LogP contribution in [0.2, 0.25) is 0 Å². The summed E-state index contributed by atoms with van der Waals surface area (Å²) in [6.07, 6.45) is 4.92. The van der Waals surface area contributed by atoms with Crippen LogP contribution in [0.15, 0.2) is 119 Å². The van der Waals surface area contributed by atoms with E-state index in [-0.39, 0.29) is 31.1 Å². The van der Waals surface area contributed by atoms with Crippen molar-refractivity contribution in [3.05, 3.63) is 154 Å². The fraction of sp³-hybridized carbons (Fsp3) is 0.217. The van der Waals surface area contributed by atoms with E-state index in [1.165, 1.54) is 14.1 Å². The third-order valence-corrected chi connectivity index (χ3v) is 10.1. The molecule has 2 aliphatic heterocycles. The van der Waals surface area contributed by atoms with E-state index in [0.717, 1.165) is 66.4 Å². The predicted octanol–water partition coefficient (Wildman–Crippen LogP) is 7.07. The molecule has 0 spiro atoms. The molecule has 328 valence electrons. The zero-order valence-electron chi connectivity index (χ0n) is 36.7. The predicted molar refractivity (Wildman–Crippen MR) is 237 cm³/mol. The number of urea groups is 2. The minimum Gasteiger partial charge on any atom is -0.497 e. The molecule has 18 nitrogen and oxygen atoms in total. The van der Waals surface area contributed by atoms with E-state index < -0.39 is 23.9 Å². The van der Waals surface area contributed by atoms with Gasteiger partial charge in [-0.1, -0.05) is 48.5 Å². The number of aromatic nitrogens is 4. The molecule has 0 unspecified atom stereocenters. The van der Waals surface area contributed by atoms with Gasteiger partial charge in [0.1, 0.15) is 34.7 Å². The number of hydrogen-bond acceptors (Lipinski definition) is 10. The van der Waals surface area contributed by atoms with Crippen LogP contribution in [0, 0.1) is 0 Å². The van der Waals surface area contributed by atoms with E-state index in [0.29, 0.717) is 37.8 Å².